The van der Waals surface area contributed by atoms with Gasteiger partial charge in [0.25, 0.3) is 0 Å². The van der Waals surface area contributed by atoms with Crippen LogP contribution in [0.5, 0.6) is 0 Å². The van der Waals surface area contributed by atoms with E-state index in [1.54, 1.807) is 6.07 Å². The van der Waals surface area contributed by atoms with Gasteiger partial charge in [-0.3, -0.25) is 10.5 Å². The third-order valence-electron chi connectivity index (χ3n) is 6.20. The van der Waals surface area contributed by atoms with Crippen molar-refractivity contribution in [2.24, 2.45) is 5.41 Å². The van der Waals surface area contributed by atoms with Crippen LogP contribution in [-0.2, 0) is 16.6 Å². The van der Waals surface area contributed by atoms with Gasteiger partial charge in [0.2, 0.25) is 5.91 Å². The number of amides is 1. The zero-order valence-corrected chi connectivity index (χ0v) is 12.3. The fraction of sp³-hybridized carbons (Fsp3) is 0.500. The van der Waals surface area contributed by atoms with Crippen LogP contribution in [0.25, 0.3) is 6.08 Å². The standard InChI is InChI=1S/C18H19FNO/c1-11-9-12-13(10-11)15(19)4-3-14(12)17-5-2-6-18(17,8-7-17)16(20)21/h3-4,9,20H,2,5-8,10H2,1H3. The maximum absolute atomic E-state index is 14.1. The molecule has 2 nitrogen and oxygen atoms in total. The summed E-state index contributed by atoms with van der Waals surface area (Å²) in [6.45, 7) is 2.03. The highest BCUT2D eigenvalue weighted by atomic mass is 19.1. The molecule has 0 bridgehead atoms. The molecule has 3 heteroatoms. The molecule has 3 aliphatic carbocycles. The molecule has 1 N–H and O–H groups in total. The number of rotatable bonds is 2. The lowest BCUT2D eigenvalue weighted by atomic mass is 9.47. The molecule has 2 fully saturated rings. The molecule has 21 heavy (non-hydrogen) atoms. The van der Waals surface area contributed by atoms with E-state index in [0.29, 0.717) is 6.42 Å². The van der Waals surface area contributed by atoms with Gasteiger partial charge in [-0.05, 0) is 61.8 Å². The number of benzene rings is 1. The summed E-state index contributed by atoms with van der Waals surface area (Å²) < 4.78 is 14.1. The van der Waals surface area contributed by atoms with Gasteiger partial charge in [-0.25, -0.2) is 4.39 Å². The lowest BCUT2D eigenvalue weighted by Crippen LogP contribution is -2.56. The van der Waals surface area contributed by atoms with Crippen LogP contribution in [0.15, 0.2) is 17.7 Å². The number of hydrogen-bond donors (Lipinski definition) is 0. The first-order valence-corrected chi connectivity index (χ1v) is 7.75. The first-order valence-electron chi connectivity index (χ1n) is 7.75. The third-order valence-corrected chi connectivity index (χ3v) is 6.20. The van der Waals surface area contributed by atoms with E-state index in [1.165, 1.54) is 5.57 Å². The lowest BCUT2D eigenvalue weighted by molar-refractivity contribution is -0.139. The van der Waals surface area contributed by atoms with Crippen LogP contribution in [0.4, 0.5) is 4.39 Å². The summed E-state index contributed by atoms with van der Waals surface area (Å²) in [6.07, 6.45) is 7.32. The molecule has 1 radical (unpaired) electrons. The van der Waals surface area contributed by atoms with Gasteiger partial charge in [-0.1, -0.05) is 24.1 Å². The van der Waals surface area contributed by atoms with Crippen molar-refractivity contribution < 1.29 is 9.18 Å². The molecule has 0 aliphatic heterocycles. The lowest BCUT2D eigenvalue weighted by Gasteiger charge is -2.54. The summed E-state index contributed by atoms with van der Waals surface area (Å²) in [4.78, 5) is 12.0. The molecule has 0 spiro atoms. The predicted octanol–water partition coefficient (Wildman–Crippen LogP) is 3.80. The number of halogens is 1. The van der Waals surface area contributed by atoms with Gasteiger partial charge in [-0.2, -0.15) is 0 Å². The number of allylic oxidation sites excluding steroid dienone is 1. The third kappa shape index (κ3) is 1.39. The highest BCUT2D eigenvalue weighted by Gasteiger charge is 2.66. The highest BCUT2D eigenvalue weighted by Crippen LogP contribution is 2.68. The molecule has 0 heterocycles. The Bertz CT molecular complexity index is 693. The normalized spacial score (nSPS) is 33.1. The fourth-order valence-electron chi connectivity index (χ4n) is 5.10. The number of hydrogen-bond acceptors (Lipinski definition) is 1. The maximum Gasteiger partial charge on any atom is 0.245 e. The number of fused-ring (bicyclic) bond motifs is 2. The summed E-state index contributed by atoms with van der Waals surface area (Å²) in [5.74, 6) is -0.554. The Morgan fingerprint density at radius 1 is 1.24 bits per heavy atom. The average Bonchev–Trinajstić information content (AvgIpc) is 2.91. The van der Waals surface area contributed by atoms with E-state index in [4.69, 9.17) is 5.73 Å². The molecular formula is C18H19FNO. The maximum atomic E-state index is 14.1. The van der Waals surface area contributed by atoms with Crippen LogP contribution in [0.3, 0.4) is 0 Å². The van der Waals surface area contributed by atoms with Crippen molar-refractivity contribution in [1.29, 1.82) is 0 Å². The van der Waals surface area contributed by atoms with E-state index >= 15 is 0 Å². The molecule has 1 amide bonds. The van der Waals surface area contributed by atoms with Crippen LogP contribution >= 0.6 is 0 Å². The minimum absolute atomic E-state index is 0.140. The van der Waals surface area contributed by atoms with Crippen LogP contribution in [0.2, 0.25) is 0 Å². The van der Waals surface area contributed by atoms with Crippen molar-refractivity contribution >= 4 is 12.0 Å². The zero-order chi connectivity index (χ0) is 14.8. The molecule has 2 atom stereocenters. The minimum Gasteiger partial charge on any atom is -0.273 e. The van der Waals surface area contributed by atoms with Crippen molar-refractivity contribution in [3.63, 3.8) is 0 Å². The van der Waals surface area contributed by atoms with Crippen LogP contribution < -0.4 is 5.73 Å². The van der Waals surface area contributed by atoms with Gasteiger partial charge in [0.05, 0.1) is 5.41 Å². The Balaban J connectivity index is 1.93. The summed E-state index contributed by atoms with van der Waals surface area (Å²) in [5.41, 5.74) is 11.2. The first-order chi connectivity index (χ1) is 10.0. The van der Waals surface area contributed by atoms with E-state index in [2.05, 4.69) is 6.08 Å². The molecular weight excluding hydrogens is 265 g/mol. The highest BCUT2D eigenvalue weighted by molar-refractivity contribution is 5.85. The van der Waals surface area contributed by atoms with Gasteiger partial charge in [0.1, 0.15) is 5.82 Å². The van der Waals surface area contributed by atoms with Gasteiger partial charge in [-0.15, -0.1) is 0 Å². The fourth-order valence-corrected chi connectivity index (χ4v) is 5.10. The predicted molar refractivity (Wildman–Crippen MR) is 79.1 cm³/mol. The molecule has 1 aromatic rings. The quantitative estimate of drug-likeness (QED) is 0.814. The zero-order valence-electron chi connectivity index (χ0n) is 12.3. The van der Waals surface area contributed by atoms with Crippen LogP contribution in [-0.4, -0.2) is 5.91 Å². The van der Waals surface area contributed by atoms with Gasteiger partial charge >= 0.3 is 0 Å². The number of nitrogens with one attached hydrogen (secondary N) is 1. The molecule has 1 aromatic carbocycles. The average molecular weight is 284 g/mol. The van der Waals surface area contributed by atoms with Crippen molar-refractivity contribution in [2.45, 2.75) is 50.9 Å². The Hall–Kier alpha value is -1.64. The Labute approximate surface area is 124 Å². The van der Waals surface area contributed by atoms with Gasteiger partial charge in [0, 0.05) is 5.41 Å². The molecule has 0 aromatic heterocycles. The van der Waals surface area contributed by atoms with Gasteiger partial charge in [0.15, 0.2) is 0 Å². The smallest absolute Gasteiger partial charge is 0.245 e. The summed E-state index contributed by atoms with van der Waals surface area (Å²) in [7, 11) is 0. The molecule has 4 rings (SSSR count). The largest absolute Gasteiger partial charge is 0.273 e. The van der Waals surface area contributed by atoms with E-state index in [1.807, 2.05) is 13.0 Å². The van der Waals surface area contributed by atoms with Crippen LogP contribution in [0.1, 0.15) is 55.7 Å². The molecule has 2 saturated carbocycles. The Morgan fingerprint density at radius 2 is 2.05 bits per heavy atom. The number of carbonyl (C=O) groups is 1. The van der Waals surface area contributed by atoms with Crippen molar-refractivity contribution in [2.75, 3.05) is 0 Å². The molecule has 2 unspecified atom stereocenters. The van der Waals surface area contributed by atoms with Crippen molar-refractivity contribution in [1.82, 2.24) is 5.73 Å². The monoisotopic (exact) mass is 284 g/mol. The number of carbonyl (C=O) groups excluding carboxylic acids is 1. The second-order valence-corrected chi connectivity index (χ2v) is 7.00. The van der Waals surface area contributed by atoms with Gasteiger partial charge < -0.3 is 0 Å². The van der Waals surface area contributed by atoms with Crippen molar-refractivity contribution in [3.8, 4) is 0 Å². The minimum atomic E-state index is -0.497. The summed E-state index contributed by atoms with van der Waals surface area (Å²) >= 11 is 0. The Morgan fingerprint density at radius 3 is 2.71 bits per heavy atom. The molecule has 3 aliphatic rings. The summed E-state index contributed by atoms with van der Waals surface area (Å²) in [6, 6.07) is 3.44. The van der Waals surface area contributed by atoms with E-state index in [-0.39, 0.29) is 11.2 Å². The van der Waals surface area contributed by atoms with E-state index in [0.717, 1.165) is 48.8 Å². The second kappa shape index (κ2) is 3.96. The first kappa shape index (κ1) is 13.1. The SMILES string of the molecule is CC1=Cc2c(C34CCCC3(C([NH])=O)CC4)ccc(F)c2C1. The summed E-state index contributed by atoms with van der Waals surface area (Å²) in [5, 5.41) is 0. The molecule has 109 valence electrons. The van der Waals surface area contributed by atoms with Crippen molar-refractivity contribution in [3.05, 3.63) is 40.2 Å². The Kier molecular flexibility index (Phi) is 2.46. The molecule has 0 saturated heterocycles. The van der Waals surface area contributed by atoms with E-state index < -0.39 is 11.3 Å². The van der Waals surface area contributed by atoms with E-state index in [9.17, 15) is 9.18 Å². The van der Waals surface area contributed by atoms with Crippen LogP contribution in [0, 0.1) is 11.2 Å². The second-order valence-electron chi connectivity index (χ2n) is 7.00. The topological polar surface area (TPSA) is 40.9 Å².